The van der Waals surface area contributed by atoms with Crippen molar-refractivity contribution in [3.63, 3.8) is 0 Å². The number of benzene rings is 3. The Morgan fingerprint density at radius 3 is 0.635 bits per heavy atom. The van der Waals surface area contributed by atoms with Gasteiger partial charge in [-0.1, -0.05) is 125 Å². The van der Waals surface area contributed by atoms with Gasteiger partial charge in [0, 0.05) is 0 Å². The van der Waals surface area contributed by atoms with Gasteiger partial charge in [-0.3, -0.25) is 0 Å². The maximum absolute atomic E-state index is 11.3. The molecule has 52 heavy (non-hydrogen) atoms. The molecule has 0 bridgehead atoms. The predicted molar refractivity (Wildman–Crippen MR) is 218 cm³/mol. The molecule has 0 saturated heterocycles. The zero-order chi connectivity index (χ0) is 40.0. The molecule has 0 amide bonds. The standard InChI is InChI=1S/C45H69O6P/c1-40(2,3)31-19-28(20-32(37(31)46)41(4,5)6)25-49-52(50-26-29-21-33(42(7,8)9)38(47)34(22-29)43(10,11)12)51-27-30-23-35(44(13,14)15)39(48)36(24-30)45(16,17)18/h19-24,46-48H,25-27H2,1-18H3. The highest BCUT2D eigenvalue weighted by Gasteiger charge is 2.30. The van der Waals surface area contributed by atoms with Crippen molar-refractivity contribution >= 4 is 8.60 Å². The molecule has 3 N–H and O–H groups in total. The van der Waals surface area contributed by atoms with Gasteiger partial charge in [0.1, 0.15) is 17.2 Å². The topological polar surface area (TPSA) is 88.4 Å². The molecular formula is C45H69O6P. The highest BCUT2D eigenvalue weighted by molar-refractivity contribution is 7.41. The van der Waals surface area contributed by atoms with Crippen LogP contribution in [0.1, 0.15) is 175 Å². The van der Waals surface area contributed by atoms with Gasteiger partial charge in [-0.05, 0) is 119 Å². The van der Waals surface area contributed by atoms with Crippen molar-refractivity contribution in [2.75, 3.05) is 0 Å². The molecule has 0 radical (unpaired) electrons. The predicted octanol–water partition coefficient (Wildman–Crippen LogP) is 12.8. The molecule has 3 aromatic carbocycles. The van der Waals surface area contributed by atoms with Crippen LogP contribution in [-0.4, -0.2) is 15.3 Å². The second-order valence-corrected chi connectivity index (χ2v) is 21.9. The van der Waals surface area contributed by atoms with Crippen LogP contribution in [0.4, 0.5) is 0 Å². The molecule has 6 nitrogen and oxygen atoms in total. The van der Waals surface area contributed by atoms with Gasteiger partial charge >= 0.3 is 8.60 Å². The Hall–Kier alpha value is -2.63. The summed E-state index contributed by atoms with van der Waals surface area (Å²) in [5.74, 6) is 0.977. The molecule has 290 valence electrons. The Labute approximate surface area is 317 Å². The number of hydrogen-bond donors (Lipinski definition) is 3. The van der Waals surface area contributed by atoms with Crippen LogP contribution in [0.2, 0.25) is 0 Å². The minimum absolute atomic E-state index is 0.226. The van der Waals surface area contributed by atoms with Crippen LogP contribution in [0.3, 0.4) is 0 Å². The van der Waals surface area contributed by atoms with Gasteiger partial charge in [0.05, 0.1) is 19.8 Å². The third kappa shape index (κ3) is 11.0. The molecule has 0 atom stereocenters. The fourth-order valence-electron chi connectivity index (χ4n) is 6.26. The SMILES string of the molecule is CC(C)(C)c1cc(COP(OCc2cc(C(C)(C)C)c(O)c(C(C)(C)C)c2)OCc2cc(C(C)(C)C)c(O)c(C(C)(C)C)c2)cc(C(C)(C)C)c1O. The van der Waals surface area contributed by atoms with E-state index in [-0.39, 0.29) is 52.3 Å². The van der Waals surface area contributed by atoms with Gasteiger partial charge in [0.15, 0.2) is 0 Å². The normalized spacial score (nSPS) is 13.7. The van der Waals surface area contributed by atoms with E-state index in [1.165, 1.54) is 0 Å². The lowest BCUT2D eigenvalue weighted by Gasteiger charge is -2.29. The summed E-state index contributed by atoms with van der Waals surface area (Å²) in [5, 5.41) is 34.0. The number of hydrogen-bond acceptors (Lipinski definition) is 6. The van der Waals surface area contributed by atoms with Crippen molar-refractivity contribution in [3.05, 3.63) is 86.5 Å². The van der Waals surface area contributed by atoms with Gasteiger partial charge in [0.25, 0.3) is 0 Å². The molecule has 0 spiro atoms. The van der Waals surface area contributed by atoms with Crippen LogP contribution in [0, 0.1) is 0 Å². The van der Waals surface area contributed by atoms with E-state index >= 15 is 0 Å². The monoisotopic (exact) mass is 736 g/mol. The van der Waals surface area contributed by atoms with E-state index in [1.54, 1.807) is 0 Å². The number of rotatable bonds is 9. The molecular weight excluding hydrogens is 667 g/mol. The first kappa shape index (κ1) is 43.8. The van der Waals surface area contributed by atoms with E-state index in [9.17, 15) is 15.3 Å². The summed E-state index contributed by atoms with van der Waals surface area (Å²) in [6.07, 6.45) is 0. The first-order valence-electron chi connectivity index (χ1n) is 18.6. The van der Waals surface area contributed by atoms with Crippen molar-refractivity contribution in [2.24, 2.45) is 0 Å². The summed E-state index contributed by atoms with van der Waals surface area (Å²) in [5.41, 5.74) is 6.32. The Morgan fingerprint density at radius 2 is 0.500 bits per heavy atom. The highest BCUT2D eigenvalue weighted by Crippen LogP contribution is 2.47. The van der Waals surface area contributed by atoms with E-state index in [2.05, 4.69) is 125 Å². The molecule has 0 aliphatic carbocycles. The third-order valence-electron chi connectivity index (χ3n) is 9.37. The molecule has 0 aromatic heterocycles. The molecule has 0 unspecified atom stereocenters. The minimum atomic E-state index is -1.87. The fraction of sp³-hybridized carbons (Fsp3) is 0.600. The molecule has 7 heteroatoms. The Balaban J connectivity index is 2.07. The molecule has 3 aromatic rings. The van der Waals surface area contributed by atoms with Gasteiger partial charge in [-0.2, -0.15) is 0 Å². The van der Waals surface area contributed by atoms with Gasteiger partial charge in [-0.15, -0.1) is 0 Å². The Kier molecular flexibility index (Phi) is 12.8. The van der Waals surface area contributed by atoms with Crippen molar-refractivity contribution in [2.45, 2.75) is 177 Å². The molecule has 0 aliphatic rings. The summed E-state index contributed by atoms with van der Waals surface area (Å²) in [7, 11) is -1.87. The van der Waals surface area contributed by atoms with E-state index in [1.807, 2.05) is 36.4 Å². The van der Waals surface area contributed by atoms with Crippen LogP contribution < -0.4 is 0 Å². The fourth-order valence-corrected chi connectivity index (χ4v) is 7.24. The molecule has 0 saturated carbocycles. The Morgan fingerprint density at radius 1 is 0.346 bits per heavy atom. The van der Waals surface area contributed by atoms with E-state index in [4.69, 9.17) is 13.6 Å². The lowest BCUT2D eigenvalue weighted by atomic mass is 9.78. The van der Waals surface area contributed by atoms with E-state index in [0.717, 1.165) is 50.1 Å². The molecule has 0 heterocycles. The largest absolute Gasteiger partial charge is 0.507 e. The maximum Gasteiger partial charge on any atom is 0.333 e. The number of phenols is 3. The summed E-state index contributed by atoms with van der Waals surface area (Å²) >= 11 is 0. The smallest absolute Gasteiger partial charge is 0.333 e. The Bertz CT molecular complexity index is 1410. The summed E-state index contributed by atoms with van der Waals surface area (Å²) in [6.45, 7) is 38.5. The second kappa shape index (κ2) is 15.2. The third-order valence-corrected chi connectivity index (χ3v) is 10.4. The maximum atomic E-state index is 11.3. The van der Waals surface area contributed by atoms with Crippen LogP contribution >= 0.6 is 8.60 Å². The number of aromatic hydroxyl groups is 3. The van der Waals surface area contributed by atoms with Crippen molar-refractivity contribution in [3.8, 4) is 17.2 Å². The quantitative estimate of drug-likeness (QED) is 0.190. The van der Waals surface area contributed by atoms with Crippen LogP contribution in [-0.2, 0) is 65.9 Å². The lowest BCUT2D eigenvalue weighted by molar-refractivity contribution is 0.144. The lowest BCUT2D eigenvalue weighted by Crippen LogP contribution is -2.18. The number of phenolic OH excluding ortho intramolecular Hbond substituents is 3. The zero-order valence-electron chi connectivity index (χ0n) is 35.6. The van der Waals surface area contributed by atoms with Crippen molar-refractivity contribution in [1.82, 2.24) is 0 Å². The first-order chi connectivity index (χ1) is 23.3. The summed E-state index contributed by atoms with van der Waals surface area (Å²) in [6, 6.07) is 12.1. The molecule has 0 fully saturated rings. The van der Waals surface area contributed by atoms with Gasteiger partial charge in [0.2, 0.25) is 0 Å². The van der Waals surface area contributed by atoms with Crippen molar-refractivity contribution in [1.29, 1.82) is 0 Å². The zero-order valence-corrected chi connectivity index (χ0v) is 36.5. The van der Waals surface area contributed by atoms with Crippen LogP contribution in [0.5, 0.6) is 17.2 Å². The minimum Gasteiger partial charge on any atom is -0.507 e. The highest BCUT2D eigenvalue weighted by atomic mass is 31.2. The van der Waals surface area contributed by atoms with E-state index < -0.39 is 8.60 Å². The summed E-state index contributed by atoms with van der Waals surface area (Å²) in [4.78, 5) is 0. The van der Waals surface area contributed by atoms with Crippen LogP contribution in [0.25, 0.3) is 0 Å². The van der Waals surface area contributed by atoms with Gasteiger partial charge < -0.3 is 28.9 Å². The second-order valence-electron chi connectivity index (χ2n) is 20.7. The van der Waals surface area contributed by atoms with Gasteiger partial charge in [-0.25, -0.2) is 0 Å². The first-order valence-corrected chi connectivity index (χ1v) is 19.7. The van der Waals surface area contributed by atoms with Crippen molar-refractivity contribution < 1.29 is 28.9 Å². The average Bonchev–Trinajstić information content (AvgIpc) is 2.94. The van der Waals surface area contributed by atoms with E-state index in [0.29, 0.717) is 17.2 Å². The summed E-state index contributed by atoms with van der Waals surface area (Å²) < 4.78 is 19.6. The van der Waals surface area contributed by atoms with Crippen LogP contribution in [0.15, 0.2) is 36.4 Å². The molecule has 3 rings (SSSR count). The average molecular weight is 737 g/mol. The molecule has 0 aliphatic heterocycles.